The summed E-state index contributed by atoms with van der Waals surface area (Å²) in [5.41, 5.74) is 0.357. The molecule has 8 nitrogen and oxygen atoms in total. The first kappa shape index (κ1) is 19.4. The quantitative estimate of drug-likeness (QED) is 0.799. The van der Waals surface area contributed by atoms with E-state index in [4.69, 9.17) is 0 Å². The summed E-state index contributed by atoms with van der Waals surface area (Å²) in [6, 6.07) is 8.94. The smallest absolute Gasteiger partial charge is 0.267 e. The van der Waals surface area contributed by atoms with Gasteiger partial charge in [0.05, 0.1) is 17.7 Å². The minimum absolute atomic E-state index is 0.168. The van der Waals surface area contributed by atoms with E-state index in [0.717, 1.165) is 44.5 Å². The molecule has 2 N–H and O–H groups in total. The van der Waals surface area contributed by atoms with E-state index < -0.39 is 6.10 Å². The molecule has 0 amide bonds. The molecule has 0 spiro atoms. The monoisotopic (exact) mass is 394 g/mol. The molecule has 1 saturated heterocycles. The second kappa shape index (κ2) is 8.62. The van der Waals surface area contributed by atoms with Crippen molar-refractivity contribution in [3.63, 3.8) is 0 Å². The van der Waals surface area contributed by atoms with Crippen LogP contribution in [0.1, 0.15) is 50.1 Å². The summed E-state index contributed by atoms with van der Waals surface area (Å²) in [5, 5.41) is 27.4. The fourth-order valence-electron chi connectivity index (χ4n) is 4.38. The third-order valence-corrected chi connectivity index (χ3v) is 5.92. The van der Waals surface area contributed by atoms with Gasteiger partial charge in [-0.2, -0.15) is 10.4 Å². The Kier molecular flexibility index (Phi) is 5.76. The van der Waals surface area contributed by atoms with Crippen molar-refractivity contribution in [3.05, 3.63) is 46.4 Å². The normalized spacial score (nSPS) is 24.3. The van der Waals surface area contributed by atoms with Crippen molar-refractivity contribution in [1.82, 2.24) is 14.8 Å². The fraction of sp³-hybridized carbons (Fsp3) is 0.524. The number of piperidine rings is 1. The Bertz CT molecular complexity index is 953. The zero-order valence-corrected chi connectivity index (χ0v) is 16.4. The average Bonchev–Trinajstić information content (AvgIpc) is 3.18. The lowest BCUT2D eigenvalue weighted by Crippen LogP contribution is -2.45. The van der Waals surface area contributed by atoms with Crippen molar-refractivity contribution in [2.75, 3.05) is 23.3 Å². The van der Waals surface area contributed by atoms with Crippen LogP contribution in [0.2, 0.25) is 0 Å². The standard InChI is InChI=1S/C21H26N6O2/c22-13-15-5-4-11-23-21(15)24-14-16-6-1-2-12-26(16)19-9-10-20(29)27(25-19)17-7-3-8-18(17)28/h4-5,9-11,16-18,28H,1-3,6-8,12,14H2,(H,23,24). The van der Waals surface area contributed by atoms with Crippen LogP contribution in [0.15, 0.2) is 35.3 Å². The number of nitrogens with zero attached hydrogens (tertiary/aromatic N) is 5. The molecule has 8 heteroatoms. The lowest BCUT2D eigenvalue weighted by Gasteiger charge is -2.37. The first-order valence-corrected chi connectivity index (χ1v) is 10.3. The molecular weight excluding hydrogens is 368 g/mol. The molecule has 1 saturated carbocycles. The maximum absolute atomic E-state index is 12.4. The Hall–Kier alpha value is -2.92. The summed E-state index contributed by atoms with van der Waals surface area (Å²) in [6.45, 7) is 1.50. The van der Waals surface area contributed by atoms with Gasteiger partial charge in [-0.15, -0.1) is 0 Å². The Morgan fingerprint density at radius 1 is 1.21 bits per heavy atom. The van der Waals surface area contributed by atoms with Crippen LogP contribution in [-0.2, 0) is 0 Å². The Morgan fingerprint density at radius 3 is 2.90 bits per heavy atom. The maximum atomic E-state index is 12.4. The van der Waals surface area contributed by atoms with Crippen LogP contribution in [0.4, 0.5) is 11.6 Å². The number of rotatable bonds is 5. The summed E-state index contributed by atoms with van der Waals surface area (Å²) in [7, 11) is 0. The second-order valence-electron chi connectivity index (χ2n) is 7.78. The van der Waals surface area contributed by atoms with Crippen molar-refractivity contribution >= 4 is 11.6 Å². The minimum Gasteiger partial charge on any atom is -0.391 e. The predicted octanol–water partition coefficient (Wildman–Crippen LogP) is 2.07. The van der Waals surface area contributed by atoms with Gasteiger partial charge in [0, 0.05) is 31.4 Å². The molecule has 3 heterocycles. The molecule has 152 valence electrons. The SMILES string of the molecule is N#Cc1cccnc1NCC1CCCCN1c1ccc(=O)n(C2CCCC2O)n1. The lowest BCUT2D eigenvalue weighted by molar-refractivity contribution is 0.127. The van der Waals surface area contributed by atoms with Crippen molar-refractivity contribution in [1.29, 1.82) is 5.26 Å². The molecule has 2 aromatic rings. The van der Waals surface area contributed by atoms with Gasteiger partial charge >= 0.3 is 0 Å². The molecule has 1 aliphatic heterocycles. The summed E-state index contributed by atoms with van der Waals surface area (Å²) in [4.78, 5) is 18.9. The zero-order valence-electron chi connectivity index (χ0n) is 16.4. The second-order valence-corrected chi connectivity index (χ2v) is 7.78. The molecule has 2 aliphatic rings. The topological polar surface area (TPSA) is 107 Å². The summed E-state index contributed by atoms with van der Waals surface area (Å²) in [6.07, 6.45) is 6.74. The third-order valence-electron chi connectivity index (χ3n) is 5.92. The number of hydrogen-bond donors (Lipinski definition) is 2. The van der Waals surface area contributed by atoms with Gasteiger partial charge in [-0.05, 0) is 56.7 Å². The summed E-state index contributed by atoms with van der Waals surface area (Å²) >= 11 is 0. The molecule has 4 rings (SSSR count). The number of pyridine rings is 1. The van der Waals surface area contributed by atoms with Crippen molar-refractivity contribution in [2.24, 2.45) is 0 Å². The molecule has 29 heavy (non-hydrogen) atoms. The highest BCUT2D eigenvalue weighted by molar-refractivity contribution is 5.51. The molecule has 2 aromatic heterocycles. The predicted molar refractivity (Wildman–Crippen MR) is 110 cm³/mol. The van der Waals surface area contributed by atoms with Crippen LogP contribution in [-0.4, -0.2) is 45.1 Å². The lowest BCUT2D eigenvalue weighted by atomic mass is 10.0. The van der Waals surface area contributed by atoms with Crippen LogP contribution in [0, 0.1) is 11.3 Å². The number of aliphatic hydroxyl groups is 1. The van der Waals surface area contributed by atoms with Crippen LogP contribution in [0.5, 0.6) is 0 Å². The van der Waals surface area contributed by atoms with Gasteiger partial charge in [0.1, 0.15) is 17.7 Å². The number of aromatic nitrogens is 3. The van der Waals surface area contributed by atoms with E-state index in [1.807, 2.05) is 0 Å². The molecule has 3 atom stereocenters. The van der Waals surface area contributed by atoms with Gasteiger partial charge in [-0.25, -0.2) is 9.67 Å². The van der Waals surface area contributed by atoms with Gasteiger partial charge < -0.3 is 15.3 Å². The highest BCUT2D eigenvalue weighted by Crippen LogP contribution is 2.29. The number of nitrogens with one attached hydrogen (secondary N) is 1. The fourth-order valence-corrected chi connectivity index (χ4v) is 4.38. The maximum Gasteiger partial charge on any atom is 0.267 e. The number of aliphatic hydroxyl groups excluding tert-OH is 1. The van der Waals surface area contributed by atoms with Gasteiger partial charge in [0.2, 0.25) is 0 Å². The van der Waals surface area contributed by atoms with Crippen molar-refractivity contribution in [3.8, 4) is 6.07 Å². The zero-order chi connectivity index (χ0) is 20.2. The highest BCUT2D eigenvalue weighted by atomic mass is 16.3. The third kappa shape index (κ3) is 4.10. The van der Waals surface area contributed by atoms with E-state index >= 15 is 0 Å². The van der Waals surface area contributed by atoms with E-state index in [-0.39, 0.29) is 17.6 Å². The Balaban J connectivity index is 1.54. The molecule has 1 aliphatic carbocycles. The molecule has 0 aromatic carbocycles. The van der Waals surface area contributed by atoms with Crippen molar-refractivity contribution in [2.45, 2.75) is 56.7 Å². The highest BCUT2D eigenvalue weighted by Gasteiger charge is 2.30. The number of anilines is 2. The van der Waals surface area contributed by atoms with Crippen LogP contribution >= 0.6 is 0 Å². The van der Waals surface area contributed by atoms with Crippen LogP contribution in [0.3, 0.4) is 0 Å². The molecular formula is C21H26N6O2. The molecule has 3 unspecified atom stereocenters. The largest absolute Gasteiger partial charge is 0.391 e. The van der Waals surface area contributed by atoms with Gasteiger partial charge in [0.25, 0.3) is 5.56 Å². The molecule has 0 bridgehead atoms. The Labute approximate surface area is 169 Å². The van der Waals surface area contributed by atoms with E-state index in [0.29, 0.717) is 24.3 Å². The Morgan fingerprint density at radius 2 is 2.10 bits per heavy atom. The van der Waals surface area contributed by atoms with Crippen LogP contribution < -0.4 is 15.8 Å². The minimum atomic E-state index is -0.511. The summed E-state index contributed by atoms with van der Waals surface area (Å²) in [5.74, 6) is 1.35. The van der Waals surface area contributed by atoms with E-state index in [9.17, 15) is 15.2 Å². The van der Waals surface area contributed by atoms with E-state index in [1.54, 1.807) is 30.5 Å². The number of hydrogen-bond acceptors (Lipinski definition) is 7. The average molecular weight is 394 g/mol. The summed E-state index contributed by atoms with van der Waals surface area (Å²) < 4.78 is 1.47. The first-order valence-electron chi connectivity index (χ1n) is 10.3. The van der Waals surface area contributed by atoms with Gasteiger partial charge in [0.15, 0.2) is 0 Å². The van der Waals surface area contributed by atoms with Crippen molar-refractivity contribution < 1.29 is 5.11 Å². The van der Waals surface area contributed by atoms with Crippen LogP contribution in [0.25, 0.3) is 0 Å². The first-order chi connectivity index (χ1) is 14.2. The van der Waals surface area contributed by atoms with Gasteiger partial charge in [-0.1, -0.05) is 0 Å². The molecule has 2 fully saturated rings. The number of nitriles is 1. The van der Waals surface area contributed by atoms with Gasteiger partial charge in [-0.3, -0.25) is 4.79 Å². The van der Waals surface area contributed by atoms with E-state index in [1.165, 1.54) is 4.68 Å². The van der Waals surface area contributed by atoms with E-state index in [2.05, 4.69) is 26.4 Å². The molecule has 0 radical (unpaired) electrons.